The predicted molar refractivity (Wildman–Crippen MR) is 84.5 cm³/mol. The van der Waals surface area contributed by atoms with Crippen molar-refractivity contribution in [3.8, 4) is 0 Å². The summed E-state index contributed by atoms with van der Waals surface area (Å²) in [6, 6.07) is 0. The minimum atomic E-state index is 0. The molecule has 0 aromatic rings. The molecular formula is C11H25IN4O2. The van der Waals surface area contributed by atoms with Gasteiger partial charge in [-0.2, -0.15) is 0 Å². The van der Waals surface area contributed by atoms with Crippen molar-refractivity contribution in [1.29, 1.82) is 0 Å². The lowest BCUT2D eigenvalue weighted by Crippen LogP contribution is -2.43. The lowest BCUT2D eigenvalue weighted by molar-refractivity contribution is -0.123. The molecule has 0 atom stereocenters. The molecule has 7 heteroatoms. The first-order valence-electron chi connectivity index (χ1n) is 5.83. The van der Waals surface area contributed by atoms with Gasteiger partial charge >= 0.3 is 0 Å². The molecule has 6 nitrogen and oxygen atoms in total. The Bertz CT molecular complexity index is 247. The van der Waals surface area contributed by atoms with E-state index < -0.39 is 0 Å². The SMILES string of the molecule is CN=C(NCCNC(=O)C(C)C)NCCOC.I. The van der Waals surface area contributed by atoms with Gasteiger partial charge in [-0.1, -0.05) is 13.8 Å². The van der Waals surface area contributed by atoms with Crippen molar-refractivity contribution in [2.24, 2.45) is 10.9 Å². The lowest BCUT2D eigenvalue weighted by Gasteiger charge is -2.12. The van der Waals surface area contributed by atoms with Crippen LogP contribution in [0, 0.1) is 5.92 Å². The number of methoxy groups -OCH3 is 1. The highest BCUT2D eigenvalue weighted by Gasteiger charge is 2.04. The number of carbonyl (C=O) groups excluding carboxylic acids is 1. The van der Waals surface area contributed by atoms with Crippen LogP contribution in [0.3, 0.4) is 0 Å². The fourth-order valence-corrected chi connectivity index (χ4v) is 1.06. The summed E-state index contributed by atoms with van der Waals surface area (Å²) in [6.07, 6.45) is 0. The molecule has 0 aliphatic carbocycles. The minimum Gasteiger partial charge on any atom is -0.383 e. The molecule has 0 aromatic heterocycles. The average Bonchev–Trinajstić information content (AvgIpc) is 2.31. The number of hydrogen-bond acceptors (Lipinski definition) is 3. The highest BCUT2D eigenvalue weighted by atomic mass is 127. The zero-order valence-corrected chi connectivity index (χ0v) is 13.9. The zero-order valence-electron chi connectivity index (χ0n) is 11.6. The van der Waals surface area contributed by atoms with Crippen molar-refractivity contribution in [2.45, 2.75) is 13.8 Å². The molecule has 0 bridgehead atoms. The molecule has 3 N–H and O–H groups in total. The van der Waals surface area contributed by atoms with E-state index >= 15 is 0 Å². The second-order valence-corrected chi connectivity index (χ2v) is 3.86. The summed E-state index contributed by atoms with van der Waals surface area (Å²) >= 11 is 0. The van der Waals surface area contributed by atoms with E-state index in [1.165, 1.54) is 0 Å². The van der Waals surface area contributed by atoms with Crippen LogP contribution < -0.4 is 16.0 Å². The van der Waals surface area contributed by atoms with Crippen LogP contribution in [0.1, 0.15) is 13.8 Å². The van der Waals surface area contributed by atoms with Crippen LogP contribution in [0.2, 0.25) is 0 Å². The third-order valence-electron chi connectivity index (χ3n) is 2.06. The Morgan fingerprint density at radius 2 is 1.72 bits per heavy atom. The van der Waals surface area contributed by atoms with Crippen LogP contribution in [0.15, 0.2) is 4.99 Å². The number of halogens is 1. The number of nitrogens with one attached hydrogen (secondary N) is 3. The number of guanidine groups is 1. The summed E-state index contributed by atoms with van der Waals surface area (Å²) in [5, 5.41) is 8.99. The Morgan fingerprint density at radius 3 is 2.22 bits per heavy atom. The van der Waals surface area contributed by atoms with E-state index in [0.717, 1.165) is 0 Å². The van der Waals surface area contributed by atoms with Crippen LogP contribution in [0.25, 0.3) is 0 Å². The highest BCUT2D eigenvalue weighted by Crippen LogP contribution is 1.88. The normalized spacial score (nSPS) is 10.8. The maximum atomic E-state index is 11.3. The van der Waals surface area contributed by atoms with Gasteiger partial charge < -0.3 is 20.7 Å². The summed E-state index contributed by atoms with van der Waals surface area (Å²) in [6.45, 7) is 6.30. The fourth-order valence-electron chi connectivity index (χ4n) is 1.06. The minimum absolute atomic E-state index is 0. The van der Waals surface area contributed by atoms with Crippen molar-refractivity contribution in [3.05, 3.63) is 0 Å². The van der Waals surface area contributed by atoms with Crippen molar-refractivity contribution >= 4 is 35.8 Å². The third kappa shape index (κ3) is 10.6. The molecule has 0 radical (unpaired) electrons. The van der Waals surface area contributed by atoms with Crippen LogP contribution >= 0.6 is 24.0 Å². The molecule has 0 aliphatic rings. The lowest BCUT2D eigenvalue weighted by atomic mass is 10.2. The van der Waals surface area contributed by atoms with Gasteiger partial charge in [0.1, 0.15) is 0 Å². The predicted octanol–water partition coefficient (Wildman–Crippen LogP) is 0.188. The van der Waals surface area contributed by atoms with Gasteiger partial charge in [0, 0.05) is 39.7 Å². The molecule has 0 aliphatic heterocycles. The largest absolute Gasteiger partial charge is 0.383 e. The van der Waals surface area contributed by atoms with Gasteiger partial charge in [-0.3, -0.25) is 9.79 Å². The van der Waals surface area contributed by atoms with Crippen molar-refractivity contribution in [2.75, 3.05) is 40.4 Å². The van der Waals surface area contributed by atoms with Gasteiger partial charge in [0.25, 0.3) is 0 Å². The van der Waals surface area contributed by atoms with E-state index in [2.05, 4.69) is 20.9 Å². The first-order valence-corrected chi connectivity index (χ1v) is 5.83. The summed E-state index contributed by atoms with van der Waals surface area (Å²) in [4.78, 5) is 15.3. The van der Waals surface area contributed by atoms with Gasteiger partial charge in [-0.05, 0) is 0 Å². The molecule has 1 amide bonds. The molecule has 0 rings (SSSR count). The number of nitrogens with zero attached hydrogens (tertiary/aromatic N) is 1. The van der Waals surface area contributed by atoms with Gasteiger partial charge in [-0.25, -0.2) is 0 Å². The van der Waals surface area contributed by atoms with Crippen molar-refractivity contribution in [1.82, 2.24) is 16.0 Å². The fraction of sp³-hybridized carbons (Fsp3) is 0.818. The maximum Gasteiger partial charge on any atom is 0.222 e. The molecule has 108 valence electrons. The molecule has 0 saturated heterocycles. The van der Waals surface area contributed by atoms with Gasteiger partial charge in [0.15, 0.2) is 5.96 Å². The first-order chi connectivity index (χ1) is 8.11. The molecular weight excluding hydrogens is 347 g/mol. The van der Waals surface area contributed by atoms with E-state index in [1.54, 1.807) is 14.2 Å². The van der Waals surface area contributed by atoms with Gasteiger partial charge in [-0.15, -0.1) is 24.0 Å². The van der Waals surface area contributed by atoms with E-state index in [0.29, 0.717) is 32.2 Å². The number of rotatable bonds is 7. The number of aliphatic imine (C=N–C) groups is 1. The second-order valence-electron chi connectivity index (χ2n) is 3.86. The van der Waals surface area contributed by atoms with Crippen LogP contribution in [0.4, 0.5) is 0 Å². The van der Waals surface area contributed by atoms with Crippen LogP contribution in [-0.2, 0) is 9.53 Å². The number of ether oxygens (including phenoxy) is 1. The summed E-state index contributed by atoms with van der Waals surface area (Å²) < 4.78 is 4.92. The van der Waals surface area contributed by atoms with Crippen molar-refractivity contribution in [3.63, 3.8) is 0 Å². The average molecular weight is 372 g/mol. The molecule has 0 aromatic carbocycles. The Balaban J connectivity index is 0. The third-order valence-corrected chi connectivity index (χ3v) is 2.06. The second kappa shape index (κ2) is 12.9. The van der Waals surface area contributed by atoms with E-state index in [-0.39, 0.29) is 35.8 Å². The standard InChI is InChI=1S/C11H24N4O2.HI/c1-9(2)10(16)13-5-6-14-11(12-3)15-7-8-17-4;/h9H,5-8H2,1-4H3,(H,13,16)(H2,12,14,15);1H. The van der Waals surface area contributed by atoms with Gasteiger partial charge in [0.05, 0.1) is 6.61 Å². The maximum absolute atomic E-state index is 11.3. The Morgan fingerprint density at radius 1 is 1.17 bits per heavy atom. The summed E-state index contributed by atoms with van der Waals surface area (Å²) in [5.41, 5.74) is 0. The Kier molecular flexibility index (Phi) is 14.1. The molecule has 0 heterocycles. The molecule has 0 unspecified atom stereocenters. The number of amides is 1. The number of hydrogen-bond donors (Lipinski definition) is 3. The van der Waals surface area contributed by atoms with E-state index in [4.69, 9.17) is 4.74 Å². The molecule has 0 fully saturated rings. The molecule has 18 heavy (non-hydrogen) atoms. The topological polar surface area (TPSA) is 74.8 Å². The highest BCUT2D eigenvalue weighted by molar-refractivity contribution is 14.0. The molecule has 0 saturated carbocycles. The Hall–Kier alpha value is -0.570. The monoisotopic (exact) mass is 372 g/mol. The van der Waals surface area contributed by atoms with Gasteiger partial charge in [0.2, 0.25) is 5.91 Å². The Labute approximate surface area is 126 Å². The zero-order chi connectivity index (χ0) is 13.1. The van der Waals surface area contributed by atoms with Crippen LogP contribution in [0.5, 0.6) is 0 Å². The quantitative estimate of drug-likeness (QED) is 0.258. The number of carbonyl (C=O) groups is 1. The summed E-state index contributed by atoms with van der Waals surface area (Å²) in [5.74, 6) is 0.795. The smallest absolute Gasteiger partial charge is 0.222 e. The van der Waals surface area contributed by atoms with Crippen LogP contribution in [-0.4, -0.2) is 52.3 Å². The first kappa shape index (κ1) is 19.8. The van der Waals surface area contributed by atoms with E-state index in [9.17, 15) is 4.79 Å². The molecule has 0 spiro atoms. The summed E-state index contributed by atoms with van der Waals surface area (Å²) in [7, 11) is 3.36. The van der Waals surface area contributed by atoms with E-state index in [1.807, 2.05) is 13.8 Å². The van der Waals surface area contributed by atoms with Crippen molar-refractivity contribution < 1.29 is 9.53 Å².